The largest absolute Gasteiger partial charge is 0.387 e. The van der Waals surface area contributed by atoms with Gasteiger partial charge in [0, 0.05) is 25.0 Å². The van der Waals surface area contributed by atoms with Gasteiger partial charge >= 0.3 is 0 Å². The molecule has 1 aromatic rings. The fourth-order valence-electron chi connectivity index (χ4n) is 2.43. The second-order valence-corrected chi connectivity index (χ2v) is 5.94. The first-order chi connectivity index (χ1) is 7.16. The molecule has 0 radical (unpaired) electrons. The van der Waals surface area contributed by atoms with Crippen LogP contribution in [0.1, 0.15) is 23.5 Å². The van der Waals surface area contributed by atoms with Gasteiger partial charge in [-0.1, -0.05) is 0 Å². The zero-order valence-corrected chi connectivity index (χ0v) is 9.76. The Morgan fingerprint density at radius 3 is 2.87 bits per heavy atom. The van der Waals surface area contributed by atoms with Gasteiger partial charge in [0.2, 0.25) is 0 Å². The molecule has 2 fully saturated rings. The number of rotatable bonds is 3. The van der Waals surface area contributed by atoms with Crippen LogP contribution in [0, 0.1) is 12.8 Å². The summed E-state index contributed by atoms with van der Waals surface area (Å²) in [4.78, 5) is 6.72. The van der Waals surface area contributed by atoms with Gasteiger partial charge in [-0.25, -0.2) is 4.98 Å². The summed E-state index contributed by atoms with van der Waals surface area (Å²) in [6, 6.07) is 0. The molecule has 3 rings (SSSR count). The van der Waals surface area contributed by atoms with Gasteiger partial charge in [-0.15, -0.1) is 11.3 Å². The van der Waals surface area contributed by atoms with Crippen molar-refractivity contribution in [1.82, 2.24) is 9.88 Å². The number of nitrogens with zero attached hydrogens (tertiary/aromatic N) is 2. The second kappa shape index (κ2) is 3.27. The Balaban J connectivity index is 1.55. The normalized spacial score (nSPS) is 25.2. The molecule has 15 heavy (non-hydrogen) atoms. The molecule has 3 nitrogen and oxygen atoms in total. The third-order valence-corrected chi connectivity index (χ3v) is 4.21. The van der Waals surface area contributed by atoms with Gasteiger partial charge in [-0.05, 0) is 25.7 Å². The van der Waals surface area contributed by atoms with Crippen molar-refractivity contribution in [3.05, 3.63) is 16.1 Å². The van der Waals surface area contributed by atoms with Crippen molar-refractivity contribution in [1.29, 1.82) is 0 Å². The van der Waals surface area contributed by atoms with E-state index in [1.54, 1.807) is 11.3 Å². The first kappa shape index (κ1) is 9.75. The lowest BCUT2D eigenvalue weighted by Gasteiger charge is -2.46. The highest BCUT2D eigenvalue weighted by Crippen LogP contribution is 2.44. The number of aromatic nitrogens is 1. The number of thiazole rings is 1. The first-order valence-corrected chi connectivity index (χ1v) is 6.39. The molecule has 0 amide bonds. The van der Waals surface area contributed by atoms with Crippen LogP contribution in [0.3, 0.4) is 0 Å². The average molecular weight is 224 g/mol. The minimum absolute atomic E-state index is 0.356. The summed E-state index contributed by atoms with van der Waals surface area (Å²) in [6.07, 6.45) is 2.44. The maximum Gasteiger partial charge on any atom is 0.0928 e. The van der Waals surface area contributed by atoms with Gasteiger partial charge in [-0.3, -0.25) is 4.90 Å². The van der Waals surface area contributed by atoms with Gasteiger partial charge in [0.15, 0.2) is 0 Å². The molecule has 0 unspecified atom stereocenters. The molecule has 1 saturated heterocycles. The van der Waals surface area contributed by atoms with E-state index in [0.717, 1.165) is 30.3 Å². The van der Waals surface area contributed by atoms with Crippen molar-refractivity contribution >= 4 is 11.3 Å². The summed E-state index contributed by atoms with van der Waals surface area (Å²) in [5.74, 6) is 0.589. The Bertz CT molecular complexity index is 366. The summed E-state index contributed by atoms with van der Waals surface area (Å²) in [5, 5.41) is 13.4. The van der Waals surface area contributed by atoms with Crippen LogP contribution in [0.2, 0.25) is 0 Å². The van der Waals surface area contributed by atoms with Crippen LogP contribution in [0.4, 0.5) is 0 Å². The number of likely N-dealkylation sites (tertiary alicyclic amines) is 1. The maximum atomic E-state index is 10.1. The molecule has 1 N–H and O–H groups in total. The predicted octanol–water partition coefficient (Wildman–Crippen LogP) is 1.41. The van der Waals surface area contributed by atoms with E-state index in [1.807, 2.05) is 6.92 Å². The SMILES string of the molecule is Cc1nc(CN2CC(O)(C3CC3)C2)cs1. The molecule has 4 heteroatoms. The van der Waals surface area contributed by atoms with Crippen LogP contribution in [-0.4, -0.2) is 33.7 Å². The molecule has 0 aromatic carbocycles. The molecule has 1 aromatic heterocycles. The lowest BCUT2D eigenvalue weighted by molar-refractivity contribution is -0.116. The van der Waals surface area contributed by atoms with Crippen molar-refractivity contribution in [2.45, 2.75) is 31.9 Å². The second-order valence-electron chi connectivity index (χ2n) is 4.88. The van der Waals surface area contributed by atoms with Crippen LogP contribution in [0.15, 0.2) is 5.38 Å². The van der Waals surface area contributed by atoms with Gasteiger partial charge in [0.25, 0.3) is 0 Å². The van der Waals surface area contributed by atoms with Crippen LogP contribution < -0.4 is 0 Å². The van der Waals surface area contributed by atoms with Crippen molar-refractivity contribution < 1.29 is 5.11 Å². The van der Waals surface area contributed by atoms with E-state index in [2.05, 4.69) is 15.3 Å². The smallest absolute Gasteiger partial charge is 0.0928 e. The molecule has 0 spiro atoms. The van der Waals surface area contributed by atoms with Crippen molar-refractivity contribution in [2.75, 3.05) is 13.1 Å². The fourth-order valence-corrected chi connectivity index (χ4v) is 3.03. The highest BCUT2D eigenvalue weighted by atomic mass is 32.1. The Morgan fingerprint density at radius 1 is 1.60 bits per heavy atom. The lowest BCUT2D eigenvalue weighted by Crippen LogP contribution is -2.62. The van der Waals surface area contributed by atoms with Crippen LogP contribution in [0.5, 0.6) is 0 Å². The van der Waals surface area contributed by atoms with Crippen molar-refractivity contribution in [3.63, 3.8) is 0 Å². The number of aliphatic hydroxyl groups is 1. The average Bonchev–Trinajstić information content (AvgIpc) is 2.90. The highest BCUT2D eigenvalue weighted by Gasteiger charge is 2.51. The Morgan fingerprint density at radius 2 is 2.33 bits per heavy atom. The van der Waals surface area contributed by atoms with Crippen molar-refractivity contribution in [2.24, 2.45) is 5.92 Å². The van der Waals surface area contributed by atoms with Gasteiger partial charge in [0.05, 0.1) is 16.3 Å². The van der Waals surface area contributed by atoms with Crippen LogP contribution >= 0.6 is 11.3 Å². The summed E-state index contributed by atoms with van der Waals surface area (Å²) < 4.78 is 0. The lowest BCUT2D eigenvalue weighted by atomic mass is 9.89. The van der Waals surface area contributed by atoms with Crippen molar-refractivity contribution in [3.8, 4) is 0 Å². The molecule has 1 aliphatic heterocycles. The zero-order valence-electron chi connectivity index (χ0n) is 8.94. The standard InChI is InChI=1S/C11H16N2OS/c1-8-12-10(5-15-8)4-13-6-11(14,7-13)9-2-3-9/h5,9,14H,2-4,6-7H2,1H3. The Hall–Kier alpha value is -0.450. The van der Waals surface area contributed by atoms with E-state index in [9.17, 15) is 5.11 Å². The van der Waals surface area contributed by atoms with Crippen LogP contribution in [-0.2, 0) is 6.54 Å². The Kier molecular flexibility index (Phi) is 2.13. The number of aryl methyl sites for hydroxylation is 1. The van der Waals surface area contributed by atoms with E-state index in [4.69, 9.17) is 0 Å². The topological polar surface area (TPSA) is 36.4 Å². The number of hydrogen-bond donors (Lipinski definition) is 1. The quantitative estimate of drug-likeness (QED) is 0.843. The van der Waals surface area contributed by atoms with Gasteiger partial charge < -0.3 is 5.11 Å². The summed E-state index contributed by atoms with van der Waals surface area (Å²) >= 11 is 1.70. The first-order valence-electron chi connectivity index (χ1n) is 5.51. The molecular formula is C11H16N2OS. The van der Waals surface area contributed by atoms with Gasteiger partial charge in [-0.2, -0.15) is 0 Å². The molecule has 0 bridgehead atoms. The Labute approximate surface area is 93.8 Å². The van der Waals surface area contributed by atoms with E-state index in [1.165, 1.54) is 12.8 Å². The number of hydrogen-bond acceptors (Lipinski definition) is 4. The molecule has 0 atom stereocenters. The summed E-state index contributed by atoms with van der Waals surface area (Å²) in [5.41, 5.74) is 0.792. The van der Waals surface area contributed by atoms with E-state index in [0.29, 0.717) is 5.92 Å². The molecular weight excluding hydrogens is 208 g/mol. The molecule has 2 heterocycles. The number of β-amino-alcohol motifs (C(OH)–C–C–N with tert-alkyl or cyclic N) is 1. The van der Waals surface area contributed by atoms with E-state index in [-0.39, 0.29) is 5.60 Å². The third-order valence-electron chi connectivity index (χ3n) is 3.38. The summed E-state index contributed by atoms with van der Waals surface area (Å²) in [6.45, 7) is 4.62. The molecule has 2 aliphatic rings. The van der Waals surface area contributed by atoms with Crippen LogP contribution in [0.25, 0.3) is 0 Å². The third kappa shape index (κ3) is 1.82. The molecule has 1 saturated carbocycles. The highest BCUT2D eigenvalue weighted by molar-refractivity contribution is 7.09. The fraction of sp³-hybridized carbons (Fsp3) is 0.727. The van der Waals surface area contributed by atoms with E-state index >= 15 is 0 Å². The maximum absolute atomic E-state index is 10.1. The van der Waals surface area contributed by atoms with Gasteiger partial charge in [0.1, 0.15) is 0 Å². The zero-order chi connectivity index (χ0) is 10.5. The minimum Gasteiger partial charge on any atom is -0.387 e. The minimum atomic E-state index is -0.356. The monoisotopic (exact) mass is 224 g/mol. The van der Waals surface area contributed by atoms with E-state index < -0.39 is 0 Å². The molecule has 82 valence electrons. The molecule has 1 aliphatic carbocycles. The predicted molar refractivity (Wildman–Crippen MR) is 59.8 cm³/mol. The summed E-state index contributed by atoms with van der Waals surface area (Å²) in [7, 11) is 0.